The van der Waals surface area contributed by atoms with Gasteiger partial charge in [-0.3, -0.25) is 4.79 Å². The van der Waals surface area contributed by atoms with Crippen molar-refractivity contribution in [2.24, 2.45) is 5.73 Å². The first-order valence-electron chi connectivity index (χ1n) is 4.57. The van der Waals surface area contributed by atoms with Crippen LogP contribution in [0.3, 0.4) is 0 Å². The zero-order valence-electron chi connectivity index (χ0n) is 7.91. The molecule has 1 aliphatic rings. The normalized spacial score (nSPS) is 16.3. The summed E-state index contributed by atoms with van der Waals surface area (Å²) in [5.41, 5.74) is 5.53. The van der Waals surface area contributed by atoms with Crippen LogP contribution in [0, 0.1) is 11.6 Å². The Morgan fingerprint density at radius 1 is 1.27 bits per heavy atom. The summed E-state index contributed by atoms with van der Waals surface area (Å²) < 4.78 is 25.6. The van der Waals surface area contributed by atoms with E-state index < -0.39 is 11.6 Å². The Balaban J connectivity index is 2.18. The molecule has 0 unspecified atom stereocenters. The molecule has 0 saturated carbocycles. The monoisotopic (exact) mass is 212 g/mol. The minimum atomic E-state index is -0.747. The van der Waals surface area contributed by atoms with E-state index in [2.05, 4.69) is 0 Å². The standard InChI is InChI=1S/C10H10F2N2O/c11-7-1-6(2-8(12)3-7)10(15)14-4-9(13)5-14/h1-3,9H,4-5,13H2. The van der Waals surface area contributed by atoms with Crippen LogP contribution in [0.2, 0.25) is 0 Å². The SMILES string of the molecule is NC1CN(C(=O)c2cc(F)cc(F)c2)C1. The quantitative estimate of drug-likeness (QED) is 0.746. The lowest BCUT2D eigenvalue weighted by molar-refractivity contribution is 0.0607. The van der Waals surface area contributed by atoms with Crippen LogP contribution in [0.15, 0.2) is 18.2 Å². The second-order valence-electron chi connectivity index (χ2n) is 3.63. The van der Waals surface area contributed by atoms with Gasteiger partial charge in [-0.05, 0) is 12.1 Å². The number of likely N-dealkylation sites (tertiary alicyclic amines) is 1. The lowest BCUT2D eigenvalue weighted by atomic mass is 10.1. The van der Waals surface area contributed by atoms with E-state index >= 15 is 0 Å². The number of halogens is 2. The van der Waals surface area contributed by atoms with Gasteiger partial charge in [-0.1, -0.05) is 0 Å². The summed E-state index contributed by atoms with van der Waals surface area (Å²) in [6, 6.07) is 2.76. The largest absolute Gasteiger partial charge is 0.335 e. The van der Waals surface area contributed by atoms with Crippen molar-refractivity contribution >= 4 is 5.91 Å². The summed E-state index contributed by atoms with van der Waals surface area (Å²) in [5, 5.41) is 0. The minimum absolute atomic E-state index is 0.0210. The van der Waals surface area contributed by atoms with Crippen molar-refractivity contribution in [2.45, 2.75) is 6.04 Å². The van der Waals surface area contributed by atoms with Gasteiger partial charge < -0.3 is 10.6 Å². The molecule has 0 atom stereocenters. The van der Waals surface area contributed by atoms with Crippen molar-refractivity contribution in [1.82, 2.24) is 4.90 Å². The zero-order valence-corrected chi connectivity index (χ0v) is 7.91. The first-order valence-corrected chi connectivity index (χ1v) is 4.57. The van der Waals surface area contributed by atoms with Gasteiger partial charge in [0.2, 0.25) is 0 Å². The molecule has 1 heterocycles. The Labute approximate surface area is 85.5 Å². The van der Waals surface area contributed by atoms with Crippen LogP contribution in [0.25, 0.3) is 0 Å². The molecule has 0 aliphatic carbocycles. The van der Waals surface area contributed by atoms with E-state index in [0.29, 0.717) is 13.1 Å². The van der Waals surface area contributed by atoms with Crippen molar-refractivity contribution in [3.63, 3.8) is 0 Å². The maximum atomic E-state index is 12.8. The van der Waals surface area contributed by atoms with Crippen molar-refractivity contribution in [3.8, 4) is 0 Å². The fraction of sp³-hybridized carbons (Fsp3) is 0.300. The van der Waals surface area contributed by atoms with E-state index in [1.165, 1.54) is 4.90 Å². The molecule has 1 aliphatic heterocycles. The summed E-state index contributed by atoms with van der Waals surface area (Å²) in [6.07, 6.45) is 0. The third-order valence-electron chi connectivity index (χ3n) is 2.31. The van der Waals surface area contributed by atoms with Gasteiger partial charge in [0.1, 0.15) is 11.6 Å². The molecule has 1 aromatic rings. The van der Waals surface area contributed by atoms with Gasteiger partial charge in [0.15, 0.2) is 0 Å². The number of amides is 1. The number of carbonyl (C=O) groups excluding carboxylic acids is 1. The minimum Gasteiger partial charge on any atom is -0.335 e. The molecule has 3 nitrogen and oxygen atoms in total. The second-order valence-corrected chi connectivity index (χ2v) is 3.63. The predicted molar refractivity (Wildman–Crippen MR) is 50.2 cm³/mol. The number of benzene rings is 1. The van der Waals surface area contributed by atoms with Gasteiger partial charge in [0.25, 0.3) is 5.91 Å². The van der Waals surface area contributed by atoms with Crippen LogP contribution in [0.1, 0.15) is 10.4 Å². The molecule has 1 saturated heterocycles. The smallest absolute Gasteiger partial charge is 0.254 e. The number of nitrogens with zero attached hydrogens (tertiary/aromatic N) is 1. The third kappa shape index (κ3) is 1.97. The Morgan fingerprint density at radius 3 is 2.27 bits per heavy atom. The van der Waals surface area contributed by atoms with Gasteiger partial charge in [0.05, 0.1) is 0 Å². The van der Waals surface area contributed by atoms with E-state index in [-0.39, 0.29) is 17.5 Å². The number of hydrogen-bond donors (Lipinski definition) is 1. The van der Waals surface area contributed by atoms with Crippen molar-refractivity contribution in [2.75, 3.05) is 13.1 Å². The first kappa shape index (κ1) is 10.0. The van der Waals surface area contributed by atoms with E-state index in [9.17, 15) is 13.6 Å². The molecule has 1 fully saturated rings. The van der Waals surface area contributed by atoms with Gasteiger partial charge in [-0.25, -0.2) is 8.78 Å². The highest BCUT2D eigenvalue weighted by Crippen LogP contribution is 2.14. The molecule has 0 aromatic heterocycles. The molecule has 2 N–H and O–H groups in total. The van der Waals surface area contributed by atoms with Gasteiger partial charge in [-0.15, -0.1) is 0 Å². The molecule has 5 heteroatoms. The summed E-state index contributed by atoms with van der Waals surface area (Å²) in [4.78, 5) is 13.1. The molecular weight excluding hydrogens is 202 g/mol. The highest BCUT2D eigenvalue weighted by atomic mass is 19.1. The zero-order chi connectivity index (χ0) is 11.0. The van der Waals surface area contributed by atoms with E-state index in [1.807, 2.05) is 0 Å². The van der Waals surface area contributed by atoms with E-state index in [1.54, 1.807) is 0 Å². The molecule has 0 spiro atoms. The fourth-order valence-electron chi connectivity index (χ4n) is 1.54. The first-order chi connectivity index (χ1) is 7.06. The molecule has 0 radical (unpaired) electrons. The molecule has 80 valence electrons. The molecular formula is C10H10F2N2O. The summed E-state index contributed by atoms with van der Waals surface area (Å²) in [5.74, 6) is -1.87. The Bertz CT molecular complexity index is 382. The van der Waals surface area contributed by atoms with Gasteiger partial charge in [0, 0.05) is 30.8 Å². The maximum absolute atomic E-state index is 12.8. The van der Waals surface area contributed by atoms with Crippen molar-refractivity contribution in [3.05, 3.63) is 35.4 Å². The molecule has 1 aromatic carbocycles. The average molecular weight is 212 g/mol. The Hall–Kier alpha value is -1.49. The van der Waals surface area contributed by atoms with Gasteiger partial charge >= 0.3 is 0 Å². The molecule has 15 heavy (non-hydrogen) atoms. The maximum Gasteiger partial charge on any atom is 0.254 e. The number of nitrogens with two attached hydrogens (primary N) is 1. The number of hydrogen-bond acceptors (Lipinski definition) is 2. The Kier molecular flexibility index (Phi) is 2.40. The molecule has 1 amide bonds. The predicted octanol–water partition coefficient (Wildman–Crippen LogP) is 0.748. The van der Waals surface area contributed by atoms with Crippen molar-refractivity contribution < 1.29 is 13.6 Å². The lowest BCUT2D eigenvalue weighted by Gasteiger charge is -2.36. The lowest BCUT2D eigenvalue weighted by Crippen LogP contribution is -2.57. The summed E-state index contributed by atoms with van der Waals surface area (Å²) >= 11 is 0. The number of rotatable bonds is 1. The molecule has 2 rings (SSSR count). The third-order valence-corrected chi connectivity index (χ3v) is 2.31. The summed E-state index contributed by atoms with van der Waals surface area (Å²) in [7, 11) is 0. The van der Waals surface area contributed by atoms with Crippen LogP contribution in [0.5, 0.6) is 0 Å². The number of carbonyl (C=O) groups is 1. The highest BCUT2D eigenvalue weighted by molar-refractivity contribution is 5.94. The fourth-order valence-corrected chi connectivity index (χ4v) is 1.54. The average Bonchev–Trinajstić information content (AvgIpc) is 2.10. The van der Waals surface area contributed by atoms with Crippen LogP contribution in [-0.2, 0) is 0 Å². The molecule has 0 bridgehead atoms. The van der Waals surface area contributed by atoms with Crippen LogP contribution in [0.4, 0.5) is 8.78 Å². The summed E-state index contributed by atoms with van der Waals surface area (Å²) in [6.45, 7) is 0.883. The second kappa shape index (κ2) is 3.58. The van der Waals surface area contributed by atoms with Gasteiger partial charge in [-0.2, -0.15) is 0 Å². The van der Waals surface area contributed by atoms with E-state index in [0.717, 1.165) is 18.2 Å². The Morgan fingerprint density at radius 2 is 1.80 bits per heavy atom. The van der Waals surface area contributed by atoms with Crippen molar-refractivity contribution in [1.29, 1.82) is 0 Å². The highest BCUT2D eigenvalue weighted by Gasteiger charge is 2.28. The van der Waals surface area contributed by atoms with Crippen LogP contribution >= 0.6 is 0 Å². The topological polar surface area (TPSA) is 46.3 Å². The van der Waals surface area contributed by atoms with Crippen LogP contribution in [-0.4, -0.2) is 29.9 Å². The van der Waals surface area contributed by atoms with Crippen LogP contribution < -0.4 is 5.73 Å². The van der Waals surface area contributed by atoms with E-state index in [4.69, 9.17) is 5.73 Å².